The number of carbonyl (C=O) groups excluding carboxylic acids is 2. The normalized spacial score (nSPS) is 13.4. The van der Waals surface area contributed by atoms with Crippen molar-refractivity contribution >= 4 is 17.7 Å². The summed E-state index contributed by atoms with van der Waals surface area (Å²) in [4.78, 5) is 24.4. The molecule has 2 amide bonds. The first-order chi connectivity index (χ1) is 15.7. The molecule has 0 radical (unpaired) electrons. The van der Waals surface area contributed by atoms with Crippen LogP contribution in [0.3, 0.4) is 0 Å². The zero-order valence-electron chi connectivity index (χ0n) is 18.4. The fraction of sp³-hybridized carbons (Fsp3) is 0.304. The Kier molecular flexibility index (Phi) is 9.31. The van der Waals surface area contributed by atoms with Crippen molar-refractivity contribution in [3.05, 3.63) is 70.8 Å². The minimum absolute atomic E-state index is 0.110. The smallest absolute Gasteiger partial charge is 0.412 e. The number of rotatable bonds is 9. The Labute approximate surface area is 189 Å². The molecule has 0 aliphatic rings. The average molecular weight is 464 g/mol. The number of aliphatic hydroxyl groups is 1. The third kappa shape index (κ3) is 6.99. The van der Waals surface area contributed by atoms with E-state index in [4.69, 9.17) is 19.8 Å². The molecule has 8 nitrogen and oxygen atoms in total. The summed E-state index contributed by atoms with van der Waals surface area (Å²) in [6.07, 6.45) is -1.91. The molecule has 0 saturated carbocycles. The number of benzene rings is 2. The van der Waals surface area contributed by atoms with E-state index in [1.807, 2.05) is 0 Å². The molecule has 0 fully saturated rings. The number of hydrogen-bond donors (Lipinski definition) is 4. The Balaban J connectivity index is 2.33. The largest absolute Gasteiger partial charge is 0.491 e. The van der Waals surface area contributed by atoms with E-state index in [0.717, 1.165) is 12.1 Å². The van der Waals surface area contributed by atoms with Crippen LogP contribution in [-0.2, 0) is 9.53 Å². The average Bonchev–Trinajstić information content (AvgIpc) is 2.81. The van der Waals surface area contributed by atoms with Crippen LogP contribution in [0.1, 0.15) is 32.4 Å². The van der Waals surface area contributed by atoms with Gasteiger partial charge in [-0.05, 0) is 43.7 Å². The lowest BCUT2D eigenvalue weighted by atomic mass is 9.88. The van der Waals surface area contributed by atoms with Gasteiger partial charge in [-0.2, -0.15) is 0 Å². The first kappa shape index (κ1) is 25.8. The Morgan fingerprint density at radius 1 is 1.09 bits per heavy atom. The quantitative estimate of drug-likeness (QED) is 0.252. The summed E-state index contributed by atoms with van der Waals surface area (Å²) in [5.41, 5.74) is 2.61. The number of ether oxygens (including phenoxy) is 2. The Morgan fingerprint density at radius 2 is 1.76 bits per heavy atom. The highest BCUT2D eigenvalue weighted by atomic mass is 19.1. The molecule has 178 valence electrons. The van der Waals surface area contributed by atoms with Gasteiger partial charge in [0.05, 0.1) is 12.3 Å². The molecule has 2 rings (SSSR count). The molecule has 2 aromatic carbocycles. The van der Waals surface area contributed by atoms with Crippen molar-refractivity contribution in [2.45, 2.75) is 26.9 Å². The van der Waals surface area contributed by atoms with Crippen molar-refractivity contribution in [3.63, 3.8) is 0 Å². The lowest BCUT2D eigenvalue weighted by Gasteiger charge is -2.26. The topological polar surface area (TPSA) is 117 Å². The van der Waals surface area contributed by atoms with E-state index in [0.29, 0.717) is 23.0 Å². The highest BCUT2D eigenvalue weighted by molar-refractivity contribution is 5.92. The van der Waals surface area contributed by atoms with Crippen molar-refractivity contribution in [2.24, 2.45) is 5.92 Å². The molecule has 10 heteroatoms. The molecular weight excluding hydrogens is 438 g/mol. The fourth-order valence-corrected chi connectivity index (χ4v) is 3.05. The van der Waals surface area contributed by atoms with Gasteiger partial charge in [0.2, 0.25) is 0 Å². The molecule has 0 aromatic heterocycles. The Morgan fingerprint density at radius 3 is 2.33 bits per heavy atom. The van der Waals surface area contributed by atoms with Gasteiger partial charge >= 0.3 is 6.09 Å². The maximum atomic E-state index is 13.9. The number of anilines is 1. The van der Waals surface area contributed by atoms with Crippen molar-refractivity contribution in [3.8, 4) is 5.75 Å². The first-order valence-electron chi connectivity index (χ1n) is 10.1. The number of halogens is 2. The van der Waals surface area contributed by atoms with E-state index in [2.05, 4.69) is 5.32 Å². The number of carbonyl (C=O) groups is 2. The second kappa shape index (κ2) is 11.9. The number of aliphatic hydroxyl groups excluding tert-OH is 1. The molecule has 2 atom stereocenters. The van der Waals surface area contributed by atoms with Gasteiger partial charge in [-0.15, -0.1) is 0 Å². The van der Waals surface area contributed by atoms with Gasteiger partial charge in [0.1, 0.15) is 30.1 Å². The van der Waals surface area contributed by atoms with Crippen LogP contribution in [0.25, 0.3) is 0 Å². The van der Waals surface area contributed by atoms with E-state index in [1.165, 1.54) is 6.92 Å². The zero-order valence-corrected chi connectivity index (χ0v) is 18.4. The van der Waals surface area contributed by atoms with Crippen LogP contribution in [0.15, 0.2) is 53.6 Å². The van der Waals surface area contributed by atoms with Crippen LogP contribution < -0.4 is 15.5 Å². The van der Waals surface area contributed by atoms with Gasteiger partial charge in [-0.3, -0.25) is 15.3 Å². The van der Waals surface area contributed by atoms with Gasteiger partial charge in [0.25, 0.3) is 5.91 Å². The molecule has 4 N–H and O–H groups in total. The van der Waals surface area contributed by atoms with Gasteiger partial charge in [0, 0.05) is 17.6 Å². The van der Waals surface area contributed by atoms with Crippen molar-refractivity contribution in [1.29, 1.82) is 0 Å². The van der Waals surface area contributed by atoms with Crippen molar-refractivity contribution in [2.75, 3.05) is 18.5 Å². The lowest BCUT2D eigenvalue weighted by molar-refractivity contribution is -0.125. The van der Waals surface area contributed by atoms with Gasteiger partial charge in [0.15, 0.2) is 0 Å². The van der Waals surface area contributed by atoms with Crippen LogP contribution >= 0.6 is 0 Å². The molecule has 0 spiro atoms. The van der Waals surface area contributed by atoms with E-state index in [-0.39, 0.29) is 24.5 Å². The summed E-state index contributed by atoms with van der Waals surface area (Å²) in [7, 11) is 0. The minimum atomic E-state index is -0.991. The fourth-order valence-electron chi connectivity index (χ4n) is 3.05. The third-order valence-electron chi connectivity index (χ3n) is 5.14. The zero-order chi connectivity index (χ0) is 24.5. The van der Waals surface area contributed by atoms with E-state index in [9.17, 15) is 18.4 Å². The lowest BCUT2D eigenvalue weighted by Crippen LogP contribution is -2.25. The SMILES string of the molecule is C/C(C(=O)NO)=C(/C)[C@H](C)[C@H](OC(=O)Nc1ccc(F)cc1F)c1ccc(OCCO)cc1. The summed E-state index contributed by atoms with van der Waals surface area (Å²) >= 11 is 0. The van der Waals surface area contributed by atoms with E-state index < -0.39 is 35.7 Å². The molecular formula is C23H26F2N2O6. The van der Waals surface area contributed by atoms with Crippen LogP contribution in [0.5, 0.6) is 5.75 Å². The Bertz CT molecular complexity index is 1010. The summed E-state index contributed by atoms with van der Waals surface area (Å²) in [5.74, 6) is -2.51. The standard InChI is InChI=1S/C23H26F2N2O6/c1-13(15(3)22(29)27-31)14(2)21(16-4-7-18(8-5-16)32-11-10-28)33-23(30)26-20-9-6-17(24)12-19(20)25/h4-9,12,14,21,28,31H,10-11H2,1-3H3,(H,26,30)(H,27,29)/b15-13+/t14-,21-/m0/s1. The van der Waals surface area contributed by atoms with Crippen molar-refractivity contribution in [1.82, 2.24) is 5.48 Å². The molecule has 2 aromatic rings. The van der Waals surface area contributed by atoms with Gasteiger partial charge in [-0.25, -0.2) is 19.1 Å². The third-order valence-corrected chi connectivity index (χ3v) is 5.14. The second-order valence-electron chi connectivity index (χ2n) is 7.25. The van der Waals surface area contributed by atoms with Crippen molar-refractivity contribution < 1.29 is 38.2 Å². The predicted octanol–water partition coefficient (Wildman–Crippen LogP) is 4.10. The minimum Gasteiger partial charge on any atom is -0.491 e. The van der Waals surface area contributed by atoms with Gasteiger partial charge in [-0.1, -0.05) is 24.6 Å². The number of hydroxylamine groups is 1. The Hall–Kier alpha value is -3.50. The van der Waals surface area contributed by atoms with Crippen LogP contribution in [0.2, 0.25) is 0 Å². The maximum absolute atomic E-state index is 13.9. The number of hydrogen-bond acceptors (Lipinski definition) is 6. The molecule has 0 aliphatic heterocycles. The molecule has 0 bridgehead atoms. The molecule has 0 saturated heterocycles. The summed E-state index contributed by atoms with van der Waals surface area (Å²) in [6.45, 7) is 4.84. The summed E-state index contributed by atoms with van der Waals surface area (Å²) in [6, 6.07) is 9.23. The van der Waals surface area contributed by atoms with E-state index in [1.54, 1.807) is 43.6 Å². The maximum Gasteiger partial charge on any atom is 0.412 e. The van der Waals surface area contributed by atoms with E-state index >= 15 is 0 Å². The molecule has 0 aliphatic carbocycles. The number of amides is 2. The van der Waals surface area contributed by atoms with Gasteiger partial charge < -0.3 is 14.6 Å². The molecule has 0 heterocycles. The summed E-state index contributed by atoms with van der Waals surface area (Å²) in [5, 5.41) is 20.1. The highest BCUT2D eigenvalue weighted by Gasteiger charge is 2.27. The van der Waals surface area contributed by atoms with Crippen LogP contribution in [0.4, 0.5) is 19.3 Å². The summed E-state index contributed by atoms with van der Waals surface area (Å²) < 4.78 is 38.0. The van der Waals surface area contributed by atoms with Crippen LogP contribution in [-0.4, -0.2) is 35.5 Å². The highest BCUT2D eigenvalue weighted by Crippen LogP contribution is 2.34. The number of nitrogens with one attached hydrogen (secondary N) is 2. The van der Waals surface area contributed by atoms with Crippen LogP contribution in [0, 0.1) is 17.6 Å². The predicted molar refractivity (Wildman–Crippen MR) is 116 cm³/mol. The monoisotopic (exact) mass is 464 g/mol. The molecule has 33 heavy (non-hydrogen) atoms. The second-order valence-corrected chi connectivity index (χ2v) is 7.25. The molecule has 0 unspecified atom stereocenters. The first-order valence-corrected chi connectivity index (χ1v) is 10.1.